The van der Waals surface area contributed by atoms with Gasteiger partial charge in [0.25, 0.3) is 0 Å². The largest absolute Gasteiger partial charge is 0.360 e. The lowest BCUT2D eigenvalue weighted by Gasteiger charge is -2.11. The van der Waals surface area contributed by atoms with Gasteiger partial charge in [-0.3, -0.25) is 0 Å². The third-order valence-corrected chi connectivity index (χ3v) is 1.69. The highest BCUT2D eigenvalue weighted by Gasteiger charge is 2.09. The number of nitrogens with one attached hydrogen (secondary N) is 1. The summed E-state index contributed by atoms with van der Waals surface area (Å²) >= 11 is 0. The Morgan fingerprint density at radius 2 is 2.50 bits per heavy atom. The van der Waals surface area contributed by atoms with Crippen molar-refractivity contribution in [1.82, 2.24) is 10.2 Å². The highest BCUT2D eigenvalue weighted by Crippen LogP contribution is 2.14. The van der Waals surface area contributed by atoms with Crippen LogP contribution in [0.25, 0.3) is 0 Å². The summed E-state index contributed by atoms with van der Waals surface area (Å²) in [5, 5.41) is 2.94. The molecule has 0 fully saturated rings. The summed E-state index contributed by atoms with van der Waals surface area (Å²) in [5.74, 6) is 0. The van der Waals surface area contributed by atoms with E-state index in [0.717, 1.165) is 6.42 Å². The van der Waals surface area contributed by atoms with Crippen molar-refractivity contribution < 1.29 is 0 Å². The van der Waals surface area contributed by atoms with Crippen LogP contribution in [0.15, 0.2) is 11.9 Å². The van der Waals surface area contributed by atoms with Gasteiger partial charge in [-0.1, -0.05) is 13.3 Å². The smallest absolute Gasteiger partial charge is 0.204 e. The van der Waals surface area contributed by atoms with Gasteiger partial charge < -0.3 is 10.2 Å². The second-order valence-corrected chi connectivity index (χ2v) is 2.55. The van der Waals surface area contributed by atoms with Crippen LogP contribution in [0.3, 0.4) is 0 Å². The molecular formula is C8H14N2. The fraction of sp³-hybridized carbons (Fsp3) is 0.625. The Morgan fingerprint density at radius 3 is 3.00 bits per heavy atom. The topological polar surface area (TPSA) is 15.3 Å². The van der Waals surface area contributed by atoms with Crippen LogP contribution < -0.4 is 5.32 Å². The van der Waals surface area contributed by atoms with Crippen LogP contribution in [0.5, 0.6) is 0 Å². The average Bonchev–Trinajstić information content (AvgIpc) is 2.31. The minimum atomic E-state index is 1.16. The van der Waals surface area contributed by atoms with Gasteiger partial charge in [0.2, 0.25) is 6.67 Å². The lowest BCUT2D eigenvalue weighted by molar-refractivity contribution is 0.489. The summed E-state index contributed by atoms with van der Waals surface area (Å²) in [7, 11) is 2.02. The van der Waals surface area contributed by atoms with Crippen LogP contribution in [-0.2, 0) is 0 Å². The molecule has 1 rings (SSSR count). The number of allylic oxidation sites excluding steroid dienone is 1. The summed E-state index contributed by atoms with van der Waals surface area (Å²) < 4.78 is 0. The van der Waals surface area contributed by atoms with E-state index in [-0.39, 0.29) is 0 Å². The molecule has 2 nitrogen and oxygen atoms in total. The Kier molecular flexibility index (Phi) is 2.60. The molecule has 1 N–H and O–H groups in total. The van der Waals surface area contributed by atoms with Crippen molar-refractivity contribution in [3.63, 3.8) is 0 Å². The molecular weight excluding hydrogens is 124 g/mol. The molecule has 1 aliphatic heterocycles. The Morgan fingerprint density at radius 1 is 1.70 bits per heavy atom. The zero-order valence-corrected chi connectivity index (χ0v) is 6.65. The Balaban J connectivity index is 2.26. The minimum Gasteiger partial charge on any atom is -0.360 e. The van der Waals surface area contributed by atoms with Gasteiger partial charge in [-0.2, -0.15) is 0 Å². The molecule has 0 aromatic rings. The first-order chi connectivity index (χ1) is 4.84. The van der Waals surface area contributed by atoms with Gasteiger partial charge in [0.15, 0.2) is 0 Å². The maximum absolute atomic E-state index is 2.97. The van der Waals surface area contributed by atoms with E-state index < -0.39 is 0 Å². The van der Waals surface area contributed by atoms with Crippen molar-refractivity contribution in [3.8, 4) is 0 Å². The van der Waals surface area contributed by atoms with Crippen molar-refractivity contribution in [1.29, 1.82) is 0 Å². The maximum atomic E-state index is 2.97. The molecule has 0 amide bonds. The van der Waals surface area contributed by atoms with E-state index in [9.17, 15) is 0 Å². The molecule has 0 unspecified atom stereocenters. The van der Waals surface area contributed by atoms with Crippen molar-refractivity contribution >= 4 is 0 Å². The molecule has 10 heavy (non-hydrogen) atoms. The standard InChI is InChI=1S/C8H14N2/c1-3-4-5-8-6-9-7-10(8)2/h6,9H,3-5H2,1-2H3. The molecule has 0 bridgehead atoms. The van der Waals surface area contributed by atoms with Crippen LogP contribution in [0.4, 0.5) is 0 Å². The molecule has 0 aromatic heterocycles. The van der Waals surface area contributed by atoms with Gasteiger partial charge in [0.05, 0.1) is 0 Å². The van der Waals surface area contributed by atoms with Gasteiger partial charge in [0.1, 0.15) is 0 Å². The van der Waals surface area contributed by atoms with Crippen LogP contribution in [0.2, 0.25) is 0 Å². The second kappa shape index (κ2) is 3.49. The third-order valence-electron chi connectivity index (χ3n) is 1.69. The Bertz CT molecular complexity index is 129. The molecule has 2 heteroatoms. The number of hydrogen-bond acceptors (Lipinski definition) is 2. The highest BCUT2D eigenvalue weighted by molar-refractivity contribution is 5.07. The van der Waals surface area contributed by atoms with E-state index in [1.807, 2.05) is 18.1 Å². The van der Waals surface area contributed by atoms with Crippen LogP contribution in [0.1, 0.15) is 26.2 Å². The first-order valence-corrected chi connectivity index (χ1v) is 3.78. The average molecular weight is 138 g/mol. The van der Waals surface area contributed by atoms with Gasteiger partial charge >= 0.3 is 0 Å². The van der Waals surface area contributed by atoms with Crippen LogP contribution >= 0.6 is 0 Å². The first-order valence-electron chi connectivity index (χ1n) is 3.78. The first kappa shape index (κ1) is 7.45. The molecule has 0 spiro atoms. The molecule has 0 aromatic carbocycles. The molecule has 2 radical (unpaired) electrons. The minimum absolute atomic E-state index is 1.16. The number of nitrogens with zero attached hydrogens (tertiary/aromatic N) is 1. The van der Waals surface area contributed by atoms with Crippen LogP contribution in [-0.4, -0.2) is 11.9 Å². The number of unbranched alkanes of at least 4 members (excludes halogenated alkanes) is 1. The van der Waals surface area contributed by atoms with Crippen LogP contribution in [0, 0.1) is 6.67 Å². The lowest BCUT2D eigenvalue weighted by atomic mass is 10.2. The van der Waals surface area contributed by atoms with Gasteiger partial charge in [-0.05, 0) is 12.8 Å². The van der Waals surface area contributed by atoms with E-state index in [0.29, 0.717) is 0 Å². The normalized spacial score (nSPS) is 17.0. The molecule has 1 heterocycles. The number of rotatable bonds is 3. The summed E-state index contributed by atoms with van der Waals surface area (Å²) in [5.41, 5.74) is 1.34. The van der Waals surface area contributed by atoms with Gasteiger partial charge in [0, 0.05) is 18.9 Å². The molecule has 0 atom stereocenters. The summed E-state index contributed by atoms with van der Waals surface area (Å²) in [6, 6.07) is 0. The van der Waals surface area contributed by atoms with Crippen molar-refractivity contribution in [2.45, 2.75) is 26.2 Å². The zero-order chi connectivity index (χ0) is 7.40. The fourth-order valence-electron chi connectivity index (χ4n) is 0.979. The monoisotopic (exact) mass is 138 g/mol. The summed E-state index contributed by atoms with van der Waals surface area (Å²) in [6.07, 6.45) is 5.69. The van der Waals surface area contributed by atoms with Gasteiger partial charge in [-0.25, -0.2) is 0 Å². The second-order valence-electron chi connectivity index (χ2n) is 2.55. The zero-order valence-electron chi connectivity index (χ0n) is 6.65. The predicted octanol–water partition coefficient (Wildman–Crippen LogP) is 1.55. The maximum Gasteiger partial charge on any atom is 0.204 e. The molecule has 56 valence electrons. The third kappa shape index (κ3) is 1.66. The van der Waals surface area contributed by atoms with E-state index in [1.54, 1.807) is 0 Å². The van der Waals surface area contributed by atoms with Crippen molar-refractivity contribution in [2.24, 2.45) is 0 Å². The summed E-state index contributed by atoms with van der Waals surface area (Å²) in [4.78, 5) is 2.01. The number of hydrogen-bond donors (Lipinski definition) is 1. The van der Waals surface area contributed by atoms with E-state index in [4.69, 9.17) is 0 Å². The van der Waals surface area contributed by atoms with Crippen molar-refractivity contribution in [3.05, 3.63) is 18.6 Å². The molecule has 0 saturated carbocycles. The van der Waals surface area contributed by atoms with E-state index >= 15 is 0 Å². The lowest BCUT2D eigenvalue weighted by Crippen LogP contribution is -2.11. The summed E-state index contributed by atoms with van der Waals surface area (Å²) in [6.45, 7) is 5.17. The quantitative estimate of drug-likeness (QED) is 0.636. The van der Waals surface area contributed by atoms with E-state index in [2.05, 4.69) is 18.9 Å². The Hall–Kier alpha value is -0.660. The molecule has 0 aliphatic carbocycles. The molecule has 1 aliphatic rings. The Labute approximate surface area is 62.9 Å². The molecule has 0 saturated heterocycles. The van der Waals surface area contributed by atoms with E-state index in [1.165, 1.54) is 18.5 Å². The predicted molar refractivity (Wildman–Crippen MR) is 41.7 cm³/mol. The fourth-order valence-corrected chi connectivity index (χ4v) is 0.979. The van der Waals surface area contributed by atoms with Crippen molar-refractivity contribution in [2.75, 3.05) is 7.05 Å². The highest BCUT2D eigenvalue weighted by atomic mass is 15.2. The van der Waals surface area contributed by atoms with Gasteiger partial charge in [-0.15, -0.1) is 0 Å². The SMILES string of the molecule is CCCCC1=CN[C]N1C.